The third kappa shape index (κ3) is 5.06. The van der Waals surface area contributed by atoms with Crippen molar-refractivity contribution in [2.75, 3.05) is 19.6 Å². The van der Waals surface area contributed by atoms with E-state index >= 15 is 0 Å². The number of carbonyl (C=O) groups is 2. The van der Waals surface area contributed by atoms with Crippen molar-refractivity contribution >= 4 is 44.2 Å². The summed E-state index contributed by atoms with van der Waals surface area (Å²) in [7, 11) is -3.93. The molecule has 4 N–H and O–H groups in total. The normalized spacial score (nSPS) is 22.3. The summed E-state index contributed by atoms with van der Waals surface area (Å²) in [6.45, 7) is 3.08. The van der Waals surface area contributed by atoms with Gasteiger partial charge in [-0.3, -0.25) is 14.5 Å². The fraction of sp³-hybridized carbons (Fsp3) is 0.478. The fourth-order valence-electron chi connectivity index (χ4n) is 4.75. The monoisotopic (exact) mass is 508 g/mol. The number of piperidine rings is 1. The van der Waals surface area contributed by atoms with Gasteiger partial charge in [-0.2, -0.15) is 4.72 Å². The molecule has 34 heavy (non-hydrogen) atoms. The van der Waals surface area contributed by atoms with E-state index in [1.807, 2.05) is 4.90 Å². The summed E-state index contributed by atoms with van der Waals surface area (Å²) in [6, 6.07) is 8.47. The van der Waals surface area contributed by atoms with E-state index in [-0.39, 0.29) is 22.6 Å². The zero-order valence-corrected chi connectivity index (χ0v) is 20.4. The van der Waals surface area contributed by atoms with Gasteiger partial charge in [-0.25, -0.2) is 8.42 Å². The molecule has 0 saturated carbocycles. The average Bonchev–Trinajstić information content (AvgIpc) is 3.17. The number of carbonyl (C=O) groups excluding carboxylic acids is 2. The van der Waals surface area contributed by atoms with Gasteiger partial charge in [-0.1, -0.05) is 23.7 Å². The van der Waals surface area contributed by atoms with E-state index in [0.717, 1.165) is 10.8 Å². The van der Waals surface area contributed by atoms with Crippen LogP contribution >= 0.6 is 11.6 Å². The molecule has 2 saturated heterocycles. The van der Waals surface area contributed by atoms with Crippen LogP contribution in [-0.4, -0.2) is 73.1 Å². The van der Waals surface area contributed by atoms with E-state index in [0.29, 0.717) is 43.9 Å². The number of benzene rings is 2. The molecule has 11 heteroatoms. The molecule has 2 aromatic carbocycles. The lowest BCUT2D eigenvalue weighted by Crippen LogP contribution is -2.54. The van der Waals surface area contributed by atoms with Crippen LogP contribution in [0.5, 0.6) is 0 Å². The van der Waals surface area contributed by atoms with Crippen LogP contribution < -0.4 is 10.5 Å². The fourth-order valence-corrected chi connectivity index (χ4v) is 6.19. The van der Waals surface area contributed by atoms with Gasteiger partial charge in [0.2, 0.25) is 21.8 Å². The third-order valence-corrected chi connectivity index (χ3v) is 8.55. The molecule has 184 valence electrons. The molecule has 0 bridgehead atoms. The van der Waals surface area contributed by atoms with Gasteiger partial charge in [0, 0.05) is 30.6 Å². The summed E-state index contributed by atoms with van der Waals surface area (Å²) in [5.74, 6) is -0.894. The lowest BCUT2D eigenvalue weighted by molar-refractivity contribution is -0.138. The number of aliphatic hydroxyl groups excluding tert-OH is 1. The molecule has 0 spiro atoms. The SMILES string of the molecule is C[C@@H](C(O)N1CCC(C(N)=O)CC1)N1CC[C@H](NS(=O)(=O)c2ccc3cc(Cl)ccc3c2)C1=O. The maximum atomic E-state index is 13.0. The lowest BCUT2D eigenvalue weighted by Gasteiger charge is -2.39. The Morgan fingerprint density at radius 1 is 1.12 bits per heavy atom. The van der Waals surface area contributed by atoms with E-state index < -0.39 is 28.3 Å². The summed E-state index contributed by atoms with van der Waals surface area (Å²) in [4.78, 5) is 27.8. The number of likely N-dealkylation sites (tertiary alicyclic amines) is 2. The summed E-state index contributed by atoms with van der Waals surface area (Å²) in [5.41, 5.74) is 5.37. The first-order valence-corrected chi connectivity index (χ1v) is 13.2. The second kappa shape index (κ2) is 9.79. The first-order valence-electron chi connectivity index (χ1n) is 11.3. The number of halogens is 1. The zero-order valence-electron chi connectivity index (χ0n) is 18.9. The molecular formula is C23H29ClN4O5S. The molecule has 2 aliphatic heterocycles. The zero-order chi connectivity index (χ0) is 24.6. The maximum Gasteiger partial charge on any atom is 0.241 e. The van der Waals surface area contributed by atoms with Crippen molar-refractivity contribution in [3.05, 3.63) is 41.4 Å². The van der Waals surface area contributed by atoms with Crippen LogP contribution in [0.2, 0.25) is 5.02 Å². The Kier molecular flexibility index (Phi) is 7.16. The Morgan fingerprint density at radius 3 is 2.44 bits per heavy atom. The average molecular weight is 509 g/mol. The Balaban J connectivity index is 1.41. The largest absolute Gasteiger partial charge is 0.376 e. The number of primary amides is 1. The van der Waals surface area contributed by atoms with Crippen molar-refractivity contribution < 1.29 is 23.1 Å². The molecule has 4 rings (SSSR count). The second-order valence-corrected chi connectivity index (χ2v) is 11.2. The van der Waals surface area contributed by atoms with Crippen molar-refractivity contribution in [1.82, 2.24) is 14.5 Å². The van der Waals surface area contributed by atoms with Crippen LogP contribution in [0.25, 0.3) is 10.8 Å². The van der Waals surface area contributed by atoms with Crippen LogP contribution in [0.1, 0.15) is 26.2 Å². The van der Waals surface area contributed by atoms with Gasteiger partial charge in [0.25, 0.3) is 0 Å². The minimum absolute atomic E-state index is 0.0685. The van der Waals surface area contributed by atoms with Gasteiger partial charge in [0.15, 0.2) is 0 Å². The van der Waals surface area contributed by atoms with Crippen molar-refractivity contribution in [3.8, 4) is 0 Å². The van der Waals surface area contributed by atoms with Crippen LogP contribution in [-0.2, 0) is 19.6 Å². The van der Waals surface area contributed by atoms with Crippen LogP contribution in [0.15, 0.2) is 41.3 Å². The van der Waals surface area contributed by atoms with Gasteiger partial charge >= 0.3 is 0 Å². The first kappa shape index (κ1) is 24.9. The number of amides is 2. The third-order valence-electron chi connectivity index (χ3n) is 6.85. The Morgan fingerprint density at radius 2 is 1.76 bits per heavy atom. The van der Waals surface area contributed by atoms with E-state index in [4.69, 9.17) is 17.3 Å². The highest BCUT2D eigenvalue weighted by atomic mass is 35.5. The van der Waals surface area contributed by atoms with E-state index in [1.54, 1.807) is 37.3 Å². The number of fused-ring (bicyclic) bond motifs is 1. The number of aliphatic hydroxyl groups is 1. The Hall–Kier alpha value is -2.24. The Labute approximate surface area is 203 Å². The first-order chi connectivity index (χ1) is 16.1. The molecule has 2 aromatic rings. The number of nitrogens with zero attached hydrogens (tertiary/aromatic N) is 2. The van der Waals surface area contributed by atoms with E-state index in [2.05, 4.69) is 4.72 Å². The summed E-state index contributed by atoms with van der Waals surface area (Å²) < 4.78 is 28.5. The van der Waals surface area contributed by atoms with Crippen LogP contribution in [0.3, 0.4) is 0 Å². The van der Waals surface area contributed by atoms with Gasteiger partial charge in [-0.15, -0.1) is 0 Å². The second-order valence-electron chi connectivity index (χ2n) is 9.01. The van der Waals surface area contributed by atoms with Gasteiger partial charge < -0.3 is 15.7 Å². The van der Waals surface area contributed by atoms with Gasteiger partial charge in [0.05, 0.1) is 10.9 Å². The Bertz CT molecular complexity index is 1200. The lowest BCUT2D eigenvalue weighted by atomic mass is 9.95. The topological polar surface area (TPSA) is 133 Å². The molecule has 2 heterocycles. The van der Waals surface area contributed by atoms with E-state index in [1.165, 1.54) is 11.0 Å². The molecule has 9 nitrogen and oxygen atoms in total. The van der Waals surface area contributed by atoms with Gasteiger partial charge in [0.1, 0.15) is 12.3 Å². The molecule has 2 aliphatic rings. The number of hydrogen-bond donors (Lipinski definition) is 3. The predicted octanol–water partition coefficient (Wildman–Crippen LogP) is 1.28. The minimum atomic E-state index is -3.93. The molecule has 3 atom stereocenters. The summed E-state index contributed by atoms with van der Waals surface area (Å²) in [6.07, 6.45) is 0.517. The number of sulfonamides is 1. The highest BCUT2D eigenvalue weighted by molar-refractivity contribution is 7.89. The number of hydrogen-bond acceptors (Lipinski definition) is 6. The minimum Gasteiger partial charge on any atom is -0.376 e. The quantitative estimate of drug-likeness (QED) is 0.516. The summed E-state index contributed by atoms with van der Waals surface area (Å²) >= 11 is 6.00. The molecule has 0 radical (unpaired) electrons. The van der Waals surface area contributed by atoms with Crippen molar-refractivity contribution in [3.63, 3.8) is 0 Å². The highest BCUT2D eigenvalue weighted by Gasteiger charge is 2.40. The van der Waals surface area contributed by atoms with Crippen molar-refractivity contribution in [1.29, 1.82) is 0 Å². The van der Waals surface area contributed by atoms with Crippen LogP contribution in [0.4, 0.5) is 0 Å². The number of rotatable bonds is 7. The van der Waals surface area contributed by atoms with Crippen molar-refractivity contribution in [2.45, 2.75) is 49.4 Å². The molecular weight excluding hydrogens is 480 g/mol. The number of nitrogens with two attached hydrogens (primary N) is 1. The van der Waals surface area contributed by atoms with Crippen LogP contribution in [0, 0.1) is 5.92 Å². The van der Waals surface area contributed by atoms with Gasteiger partial charge in [-0.05, 0) is 61.2 Å². The standard InChI is InChI=1S/C23H29ClN4O5S/c1-14(22(30)27-9-6-15(7-10-27)21(25)29)28-11-8-20(23(28)31)26-34(32,33)19-5-3-16-12-18(24)4-2-17(16)13-19/h2-5,12-15,20,22,26,30H,6-11H2,1H3,(H2,25,29)/t14-,20-,22?/m0/s1. The molecule has 2 fully saturated rings. The van der Waals surface area contributed by atoms with Crippen molar-refractivity contribution in [2.24, 2.45) is 11.7 Å². The smallest absolute Gasteiger partial charge is 0.241 e. The summed E-state index contributed by atoms with van der Waals surface area (Å²) in [5, 5.41) is 12.9. The predicted molar refractivity (Wildman–Crippen MR) is 128 cm³/mol. The molecule has 1 unspecified atom stereocenters. The molecule has 0 aliphatic carbocycles. The number of nitrogens with one attached hydrogen (secondary N) is 1. The van der Waals surface area contributed by atoms with E-state index in [9.17, 15) is 23.1 Å². The molecule has 2 amide bonds. The maximum absolute atomic E-state index is 13.0. The highest BCUT2D eigenvalue weighted by Crippen LogP contribution is 2.25. The molecule has 0 aromatic heterocycles.